The number of benzene rings is 1. The number of piperidine rings is 1. The molecule has 3 amide bonds. The minimum absolute atomic E-state index is 0.0988. The summed E-state index contributed by atoms with van der Waals surface area (Å²) in [4.78, 5) is 40.7. The van der Waals surface area contributed by atoms with Crippen LogP contribution in [0.5, 0.6) is 0 Å². The maximum Gasteiger partial charge on any atom is 0.311 e. The van der Waals surface area contributed by atoms with Crippen LogP contribution in [0.25, 0.3) is 0 Å². The molecule has 3 rings (SSSR count). The van der Waals surface area contributed by atoms with E-state index >= 15 is 0 Å². The van der Waals surface area contributed by atoms with Crippen molar-refractivity contribution in [2.45, 2.75) is 64.1 Å². The number of amides is 3. The van der Waals surface area contributed by atoms with Crippen LogP contribution in [0.1, 0.15) is 56.1 Å². The predicted molar refractivity (Wildman–Crippen MR) is 120 cm³/mol. The lowest BCUT2D eigenvalue weighted by molar-refractivity contribution is -0.146. The Morgan fingerprint density at radius 1 is 0.968 bits per heavy atom. The van der Waals surface area contributed by atoms with Gasteiger partial charge in [0, 0.05) is 38.6 Å². The number of nitrogens with one attached hydrogen (secondary N) is 2. The quantitative estimate of drug-likeness (QED) is 0.652. The first-order chi connectivity index (χ1) is 14.9. The van der Waals surface area contributed by atoms with Crippen molar-refractivity contribution in [3.63, 3.8) is 0 Å². The van der Waals surface area contributed by atoms with Crippen molar-refractivity contribution in [2.24, 2.45) is 5.92 Å². The highest BCUT2D eigenvalue weighted by Crippen LogP contribution is 2.27. The highest BCUT2D eigenvalue weighted by atomic mass is 16.2. The van der Waals surface area contributed by atoms with E-state index in [1.165, 1.54) is 18.4 Å². The smallest absolute Gasteiger partial charge is 0.311 e. The van der Waals surface area contributed by atoms with Gasteiger partial charge in [0.05, 0.1) is 0 Å². The van der Waals surface area contributed by atoms with Gasteiger partial charge in [0.25, 0.3) is 0 Å². The number of carbonyl (C=O) groups is 3. The molecule has 2 aliphatic rings. The maximum absolute atomic E-state index is 12.5. The van der Waals surface area contributed by atoms with Gasteiger partial charge in [-0.05, 0) is 56.8 Å². The van der Waals surface area contributed by atoms with Gasteiger partial charge in [-0.3, -0.25) is 14.4 Å². The number of hydrogen-bond donors (Lipinski definition) is 2. The van der Waals surface area contributed by atoms with Crippen LogP contribution in [-0.2, 0) is 27.5 Å². The number of likely N-dealkylation sites (tertiary alicyclic amines) is 1. The van der Waals surface area contributed by atoms with Crippen LogP contribution in [0, 0.1) is 5.92 Å². The molecule has 1 aromatic carbocycles. The van der Waals surface area contributed by atoms with E-state index in [0.29, 0.717) is 44.8 Å². The molecule has 31 heavy (non-hydrogen) atoms. The highest BCUT2D eigenvalue weighted by Gasteiger charge is 2.28. The van der Waals surface area contributed by atoms with Crippen molar-refractivity contribution in [2.75, 3.05) is 27.2 Å². The maximum atomic E-state index is 12.5. The average molecular weight is 429 g/mol. The lowest BCUT2D eigenvalue weighted by Gasteiger charge is -2.32. The van der Waals surface area contributed by atoms with E-state index in [1.807, 2.05) is 38.4 Å². The molecule has 170 valence electrons. The van der Waals surface area contributed by atoms with Crippen molar-refractivity contribution in [3.05, 3.63) is 35.4 Å². The van der Waals surface area contributed by atoms with Crippen molar-refractivity contribution in [1.82, 2.24) is 20.4 Å². The molecule has 1 saturated carbocycles. The Kier molecular flexibility index (Phi) is 8.46. The number of rotatable bonds is 7. The molecular weight excluding hydrogens is 392 g/mol. The molecule has 0 spiro atoms. The fraction of sp³-hybridized carbons (Fsp3) is 0.625. The molecule has 0 bridgehead atoms. The second-order valence-electron chi connectivity index (χ2n) is 9.23. The molecule has 1 saturated heterocycles. The van der Waals surface area contributed by atoms with Gasteiger partial charge in [-0.2, -0.15) is 0 Å². The van der Waals surface area contributed by atoms with E-state index in [2.05, 4.69) is 15.5 Å². The van der Waals surface area contributed by atoms with E-state index in [9.17, 15) is 14.4 Å². The van der Waals surface area contributed by atoms with Crippen molar-refractivity contribution < 1.29 is 14.4 Å². The molecule has 7 heteroatoms. The number of nitrogens with zero attached hydrogens (tertiary/aromatic N) is 2. The molecule has 1 aromatic rings. The van der Waals surface area contributed by atoms with Gasteiger partial charge in [0.1, 0.15) is 0 Å². The zero-order chi connectivity index (χ0) is 22.2. The number of carbonyl (C=O) groups excluding carboxylic acids is 3. The van der Waals surface area contributed by atoms with Gasteiger partial charge in [0.2, 0.25) is 5.91 Å². The first-order valence-electron chi connectivity index (χ1n) is 11.5. The largest absolute Gasteiger partial charge is 0.353 e. The fourth-order valence-electron chi connectivity index (χ4n) is 4.52. The monoisotopic (exact) mass is 428 g/mol. The second kappa shape index (κ2) is 11.3. The van der Waals surface area contributed by atoms with Gasteiger partial charge in [0.15, 0.2) is 0 Å². The van der Waals surface area contributed by atoms with Crippen LogP contribution in [0.15, 0.2) is 24.3 Å². The molecule has 1 aliphatic heterocycles. The standard InChI is InChI=1S/C24H36N4O3/c1-27(2)17-20-9-7-19(8-10-20)16-25-23(30)24(31)28-13-11-21(12-14-28)26-22(29)15-18-5-3-4-6-18/h7-10,18,21H,3-6,11-17H2,1-2H3,(H,25,30)(H,26,29). The van der Waals surface area contributed by atoms with E-state index < -0.39 is 11.8 Å². The Balaban J connectivity index is 1.36. The summed E-state index contributed by atoms with van der Waals surface area (Å²) in [5.41, 5.74) is 2.17. The summed E-state index contributed by atoms with van der Waals surface area (Å²) in [5, 5.41) is 5.85. The van der Waals surface area contributed by atoms with Crippen molar-refractivity contribution in [3.8, 4) is 0 Å². The molecule has 1 aliphatic carbocycles. The molecule has 2 fully saturated rings. The fourth-order valence-corrected chi connectivity index (χ4v) is 4.52. The molecule has 0 unspecified atom stereocenters. The summed E-state index contributed by atoms with van der Waals surface area (Å²) < 4.78 is 0. The topological polar surface area (TPSA) is 81.8 Å². The minimum Gasteiger partial charge on any atom is -0.353 e. The van der Waals surface area contributed by atoms with Gasteiger partial charge < -0.3 is 20.4 Å². The van der Waals surface area contributed by atoms with Crippen molar-refractivity contribution >= 4 is 17.7 Å². The van der Waals surface area contributed by atoms with E-state index in [4.69, 9.17) is 0 Å². The number of hydrogen-bond acceptors (Lipinski definition) is 4. The Labute approximate surface area is 185 Å². The lowest BCUT2D eigenvalue weighted by Crippen LogP contribution is -2.50. The van der Waals surface area contributed by atoms with E-state index in [-0.39, 0.29) is 11.9 Å². The summed E-state index contributed by atoms with van der Waals surface area (Å²) >= 11 is 0. The van der Waals surface area contributed by atoms with Crippen LogP contribution in [-0.4, -0.2) is 60.7 Å². The van der Waals surface area contributed by atoms with Gasteiger partial charge >= 0.3 is 11.8 Å². The zero-order valence-electron chi connectivity index (χ0n) is 18.9. The Bertz CT molecular complexity index is 749. The van der Waals surface area contributed by atoms with E-state index in [1.54, 1.807) is 4.90 Å². The molecular formula is C24H36N4O3. The van der Waals surface area contributed by atoms with Crippen LogP contribution in [0.4, 0.5) is 0 Å². The van der Waals surface area contributed by atoms with Crippen LogP contribution in [0.3, 0.4) is 0 Å². The van der Waals surface area contributed by atoms with Crippen LogP contribution in [0.2, 0.25) is 0 Å². The third-order valence-corrected chi connectivity index (χ3v) is 6.27. The molecule has 0 aromatic heterocycles. The van der Waals surface area contributed by atoms with Gasteiger partial charge in [-0.15, -0.1) is 0 Å². The molecule has 0 radical (unpaired) electrons. The summed E-state index contributed by atoms with van der Waals surface area (Å²) in [6.45, 7) is 2.20. The zero-order valence-corrected chi connectivity index (χ0v) is 18.9. The normalized spacial score (nSPS) is 17.7. The Morgan fingerprint density at radius 3 is 2.19 bits per heavy atom. The first-order valence-corrected chi connectivity index (χ1v) is 11.5. The summed E-state index contributed by atoms with van der Waals surface area (Å²) in [5.74, 6) is -0.387. The summed E-state index contributed by atoms with van der Waals surface area (Å²) in [6.07, 6.45) is 6.82. The first kappa shape index (κ1) is 23.3. The van der Waals surface area contributed by atoms with Gasteiger partial charge in [-0.1, -0.05) is 37.1 Å². The summed E-state index contributed by atoms with van der Waals surface area (Å²) in [7, 11) is 4.04. The minimum atomic E-state index is -0.568. The Morgan fingerprint density at radius 2 is 1.58 bits per heavy atom. The third kappa shape index (κ3) is 7.35. The van der Waals surface area contributed by atoms with Crippen LogP contribution < -0.4 is 10.6 Å². The molecule has 7 nitrogen and oxygen atoms in total. The molecule has 2 N–H and O–H groups in total. The molecule has 1 heterocycles. The van der Waals surface area contributed by atoms with Crippen molar-refractivity contribution in [1.29, 1.82) is 0 Å². The average Bonchev–Trinajstić information content (AvgIpc) is 3.25. The predicted octanol–water partition coefficient (Wildman–Crippen LogP) is 2.05. The Hall–Kier alpha value is -2.41. The lowest BCUT2D eigenvalue weighted by atomic mass is 10.0. The van der Waals surface area contributed by atoms with E-state index in [0.717, 1.165) is 24.9 Å². The molecule has 0 atom stereocenters. The summed E-state index contributed by atoms with van der Waals surface area (Å²) in [6, 6.07) is 8.12. The highest BCUT2D eigenvalue weighted by molar-refractivity contribution is 6.34. The van der Waals surface area contributed by atoms with Crippen LogP contribution >= 0.6 is 0 Å². The van der Waals surface area contributed by atoms with Gasteiger partial charge in [-0.25, -0.2) is 0 Å². The SMILES string of the molecule is CN(C)Cc1ccc(CNC(=O)C(=O)N2CCC(NC(=O)CC3CCCC3)CC2)cc1. The third-order valence-electron chi connectivity index (χ3n) is 6.27. The second-order valence-corrected chi connectivity index (χ2v) is 9.23.